The molecule has 2 heterocycles. The molecule has 0 N–H and O–H groups in total. The first-order chi connectivity index (χ1) is 16.0. The van der Waals surface area contributed by atoms with E-state index in [0.29, 0.717) is 43.5 Å². The van der Waals surface area contributed by atoms with Gasteiger partial charge in [0.2, 0.25) is 11.8 Å². The van der Waals surface area contributed by atoms with E-state index in [0.717, 1.165) is 17.5 Å². The third kappa shape index (κ3) is 5.58. The van der Waals surface area contributed by atoms with Crippen molar-refractivity contribution in [3.05, 3.63) is 66.0 Å². The Labute approximate surface area is 193 Å². The second-order valence-corrected chi connectivity index (χ2v) is 8.19. The topological polar surface area (TPSA) is 88.8 Å². The first kappa shape index (κ1) is 22.5. The third-order valence-electron chi connectivity index (χ3n) is 5.87. The predicted octanol–water partition coefficient (Wildman–Crippen LogP) is 2.98. The number of rotatable bonds is 7. The van der Waals surface area contributed by atoms with E-state index in [4.69, 9.17) is 9.26 Å². The van der Waals surface area contributed by atoms with Gasteiger partial charge in [-0.1, -0.05) is 41.6 Å². The van der Waals surface area contributed by atoms with Crippen LogP contribution in [-0.2, 0) is 22.4 Å². The van der Waals surface area contributed by atoms with Crippen molar-refractivity contribution in [3.8, 4) is 17.2 Å². The van der Waals surface area contributed by atoms with E-state index in [9.17, 15) is 9.59 Å². The molecule has 1 aliphatic heterocycles. The molecule has 0 saturated carbocycles. The fourth-order valence-electron chi connectivity index (χ4n) is 4.04. The average Bonchev–Trinajstić information content (AvgIpc) is 3.31. The number of hydrogen-bond acceptors (Lipinski definition) is 6. The molecular formula is C25H28N4O4. The van der Waals surface area contributed by atoms with E-state index in [1.165, 1.54) is 0 Å². The van der Waals surface area contributed by atoms with Gasteiger partial charge in [0.15, 0.2) is 5.82 Å². The molecule has 1 saturated heterocycles. The molecule has 2 amide bonds. The zero-order valence-corrected chi connectivity index (χ0v) is 18.9. The summed E-state index contributed by atoms with van der Waals surface area (Å²) in [5.74, 6) is 1.43. The fraction of sp³-hybridized carbons (Fsp3) is 0.360. The van der Waals surface area contributed by atoms with Gasteiger partial charge in [0.1, 0.15) is 5.75 Å². The van der Waals surface area contributed by atoms with Crippen LogP contribution >= 0.6 is 0 Å². The standard InChI is InChI=1S/C25H28N4O4/c1-18-17-28(13-14-29(18)23(30)12-11-19-7-4-3-5-8-19)24(31)16-22-26-25(33-27-22)20-9-6-10-21(15-20)32-2/h3-10,15,18H,11-14,16-17H2,1-2H3. The lowest BCUT2D eigenvalue weighted by Gasteiger charge is -2.40. The quantitative estimate of drug-likeness (QED) is 0.552. The number of aryl methyl sites for hydroxylation is 1. The largest absolute Gasteiger partial charge is 0.497 e. The van der Waals surface area contributed by atoms with E-state index in [1.807, 2.05) is 60.4 Å². The smallest absolute Gasteiger partial charge is 0.258 e. The Hall–Kier alpha value is -3.68. The SMILES string of the molecule is COc1cccc(-c2nc(CC(=O)N3CCN(C(=O)CCc4ccccc4)C(C)C3)no2)c1. The van der Waals surface area contributed by atoms with Crippen molar-refractivity contribution >= 4 is 11.8 Å². The van der Waals surface area contributed by atoms with Gasteiger partial charge in [0, 0.05) is 37.7 Å². The van der Waals surface area contributed by atoms with Crippen LogP contribution in [-0.4, -0.2) is 64.5 Å². The maximum atomic E-state index is 12.8. The normalized spacial score (nSPS) is 16.0. The summed E-state index contributed by atoms with van der Waals surface area (Å²) in [6, 6.07) is 17.3. The molecule has 1 aliphatic rings. The minimum atomic E-state index is -0.0729. The highest BCUT2D eigenvalue weighted by Crippen LogP contribution is 2.22. The Bertz CT molecular complexity index is 1100. The van der Waals surface area contributed by atoms with E-state index >= 15 is 0 Å². The number of aromatic nitrogens is 2. The van der Waals surface area contributed by atoms with Gasteiger partial charge in [-0.2, -0.15) is 4.98 Å². The second-order valence-electron chi connectivity index (χ2n) is 8.19. The second kappa shape index (κ2) is 10.3. The van der Waals surface area contributed by atoms with Crippen LogP contribution in [0.25, 0.3) is 11.5 Å². The number of benzene rings is 2. The van der Waals surface area contributed by atoms with Crippen molar-refractivity contribution in [1.82, 2.24) is 19.9 Å². The minimum absolute atomic E-state index is 0.0383. The van der Waals surface area contributed by atoms with Gasteiger partial charge in [0.05, 0.1) is 13.5 Å². The van der Waals surface area contributed by atoms with Gasteiger partial charge >= 0.3 is 0 Å². The van der Waals surface area contributed by atoms with Gasteiger partial charge in [-0.25, -0.2) is 0 Å². The van der Waals surface area contributed by atoms with Crippen LogP contribution in [0.4, 0.5) is 0 Å². The van der Waals surface area contributed by atoms with Crippen LogP contribution in [0.1, 0.15) is 24.7 Å². The van der Waals surface area contributed by atoms with Crippen molar-refractivity contribution in [2.45, 2.75) is 32.2 Å². The number of hydrogen-bond donors (Lipinski definition) is 0. The Morgan fingerprint density at radius 3 is 2.67 bits per heavy atom. The zero-order chi connectivity index (χ0) is 23.2. The number of piperazine rings is 1. The fourth-order valence-corrected chi connectivity index (χ4v) is 4.04. The highest BCUT2D eigenvalue weighted by molar-refractivity contribution is 5.80. The van der Waals surface area contributed by atoms with Crippen LogP contribution < -0.4 is 4.74 Å². The molecule has 0 radical (unpaired) electrons. The Morgan fingerprint density at radius 1 is 1.09 bits per heavy atom. The molecule has 1 fully saturated rings. The van der Waals surface area contributed by atoms with Crippen molar-refractivity contribution in [3.63, 3.8) is 0 Å². The van der Waals surface area contributed by atoms with Gasteiger partial charge in [-0.3, -0.25) is 9.59 Å². The molecule has 3 aromatic rings. The maximum absolute atomic E-state index is 12.8. The summed E-state index contributed by atoms with van der Waals surface area (Å²) < 4.78 is 10.6. The summed E-state index contributed by atoms with van der Waals surface area (Å²) in [6.07, 6.45) is 1.25. The van der Waals surface area contributed by atoms with Gasteiger partial charge < -0.3 is 19.1 Å². The molecular weight excluding hydrogens is 420 g/mol. The lowest BCUT2D eigenvalue weighted by molar-refractivity contribution is -0.142. The lowest BCUT2D eigenvalue weighted by Crippen LogP contribution is -2.55. The molecule has 0 bridgehead atoms. The number of nitrogens with zero attached hydrogens (tertiary/aromatic N) is 4. The molecule has 172 valence electrons. The predicted molar refractivity (Wildman–Crippen MR) is 123 cm³/mol. The summed E-state index contributed by atoms with van der Waals surface area (Å²) in [5, 5.41) is 3.96. The van der Waals surface area contributed by atoms with Gasteiger partial charge in [-0.15, -0.1) is 0 Å². The first-order valence-corrected chi connectivity index (χ1v) is 11.1. The van der Waals surface area contributed by atoms with E-state index in [-0.39, 0.29) is 24.3 Å². The molecule has 0 aliphatic carbocycles. The molecule has 2 aromatic carbocycles. The molecule has 1 aromatic heterocycles. The molecule has 1 atom stereocenters. The van der Waals surface area contributed by atoms with Crippen LogP contribution in [0.3, 0.4) is 0 Å². The molecule has 0 spiro atoms. The van der Waals surface area contributed by atoms with E-state index in [1.54, 1.807) is 18.1 Å². The molecule has 4 rings (SSSR count). The number of ether oxygens (including phenoxy) is 1. The maximum Gasteiger partial charge on any atom is 0.258 e. The van der Waals surface area contributed by atoms with Crippen LogP contribution in [0.5, 0.6) is 5.75 Å². The van der Waals surface area contributed by atoms with Crippen molar-refractivity contribution in [2.24, 2.45) is 0 Å². The van der Waals surface area contributed by atoms with E-state index < -0.39 is 0 Å². The minimum Gasteiger partial charge on any atom is -0.497 e. The lowest BCUT2D eigenvalue weighted by atomic mass is 10.1. The van der Waals surface area contributed by atoms with Crippen molar-refractivity contribution in [1.29, 1.82) is 0 Å². The molecule has 8 nitrogen and oxygen atoms in total. The van der Waals surface area contributed by atoms with Gasteiger partial charge in [0.25, 0.3) is 5.89 Å². The highest BCUT2D eigenvalue weighted by atomic mass is 16.5. The number of carbonyl (C=O) groups is 2. The van der Waals surface area contributed by atoms with Crippen molar-refractivity contribution in [2.75, 3.05) is 26.7 Å². The summed E-state index contributed by atoms with van der Waals surface area (Å²) in [5.41, 5.74) is 1.89. The summed E-state index contributed by atoms with van der Waals surface area (Å²) in [7, 11) is 1.59. The summed E-state index contributed by atoms with van der Waals surface area (Å²) >= 11 is 0. The van der Waals surface area contributed by atoms with Crippen LogP contribution in [0, 0.1) is 0 Å². The molecule has 33 heavy (non-hydrogen) atoms. The Balaban J connectivity index is 1.30. The van der Waals surface area contributed by atoms with Crippen LogP contribution in [0.15, 0.2) is 59.1 Å². The van der Waals surface area contributed by atoms with Gasteiger partial charge in [-0.05, 0) is 37.1 Å². The zero-order valence-electron chi connectivity index (χ0n) is 18.9. The molecule has 1 unspecified atom stereocenters. The number of amides is 2. The number of carbonyl (C=O) groups excluding carboxylic acids is 2. The van der Waals surface area contributed by atoms with Crippen LogP contribution in [0.2, 0.25) is 0 Å². The molecule has 8 heteroatoms. The summed E-state index contributed by atoms with van der Waals surface area (Å²) in [4.78, 5) is 33.5. The first-order valence-electron chi connectivity index (χ1n) is 11.1. The average molecular weight is 449 g/mol. The number of methoxy groups -OCH3 is 1. The summed E-state index contributed by atoms with van der Waals surface area (Å²) in [6.45, 7) is 3.51. The monoisotopic (exact) mass is 448 g/mol. The Morgan fingerprint density at radius 2 is 1.91 bits per heavy atom. The van der Waals surface area contributed by atoms with E-state index in [2.05, 4.69) is 10.1 Å². The van der Waals surface area contributed by atoms with Crippen molar-refractivity contribution < 1.29 is 18.8 Å². The highest BCUT2D eigenvalue weighted by Gasteiger charge is 2.30. The third-order valence-corrected chi connectivity index (χ3v) is 5.87. The Kier molecular flexibility index (Phi) is 7.02.